The minimum Gasteiger partial charge on any atom is -0.496 e. The van der Waals surface area contributed by atoms with Crippen molar-refractivity contribution in [2.75, 3.05) is 12.4 Å². The fraction of sp³-hybridized carbons (Fsp3) is 0.464. The van der Waals surface area contributed by atoms with Gasteiger partial charge in [-0.15, -0.1) is 0 Å². The van der Waals surface area contributed by atoms with Crippen LogP contribution in [0.15, 0.2) is 48.5 Å². The summed E-state index contributed by atoms with van der Waals surface area (Å²) in [4.78, 5) is 37.5. The van der Waals surface area contributed by atoms with Crippen molar-refractivity contribution >= 4 is 23.4 Å². The summed E-state index contributed by atoms with van der Waals surface area (Å²) in [6.07, 6.45) is 4.70. The Morgan fingerprint density at radius 2 is 1.71 bits per heavy atom. The molecule has 0 aliphatic carbocycles. The van der Waals surface area contributed by atoms with Gasteiger partial charge in [-0.25, -0.2) is 0 Å². The van der Waals surface area contributed by atoms with Gasteiger partial charge in [-0.3, -0.25) is 19.7 Å². The van der Waals surface area contributed by atoms with Crippen LogP contribution >= 0.6 is 0 Å². The van der Waals surface area contributed by atoms with Crippen molar-refractivity contribution in [3.05, 3.63) is 59.7 Å². The molecule has 6 heteroatoms. The van der Waals surface area contributed by atoms with Crippen LogP contribution in [0, 0.1) is 5.41 Å². The van der Waals surface area contributed by atoms with Crippen molar-refractivity contribution in [2.45, 2.75) is 72.1 Å². The van der Waals surface area contributed by atoms with Crippen molar-refractivity contribution < 1.29 is 19.1 Å². The van der Waals surface area contributed by atoms with E-state index in [2.05, 4.69) is 17.6 Å². The highest BCUT2D eigenvalue weighted by atomic mass is 16.5. The Bertz CT molecular complexity index is 978. The number of anilines is 1. The number of unbranched alkanes of at least 4 members (excludes halogenated alkanes) is 2. The lowest BCUT2D eigenvalue weighted by Gasteiger charge is -2.20. The van der Waals surface area contributed by atoms with E-state index in [0.29, 0.717) is 17.7 Å². The second-order valence-corrected chi connectivity index (χ2v) is 9.88. The number of para-hydroxylation sites is 1. The van der Waals surface area contributed by atoms with Gasteiger partial charge in [0.05, 0.1) is 7.11 Å². The molecular weight excluding hydrogens is 428 g/mol. The van der Waals surface area contributed by atoms with Crippen LogP contribution in [-0.4, -0.2) is 24.8 Å². The van der Waals surface area contributed by atoms with Crippen LogP contribution in [0.3, 0.4) is 0 Å². The lowest BCUT2D eigenvalue weighted by atomic mass is 9.89. The van der Waals surface area contributed by atoms with Crippen LogP contribution in [0.2, 0.25) is 0 Å². The largest absolute Gasteiger partial charge is 0.496 e. The van der Waals surface area contributed by atoms with Gasteiger partial charge < -0.3 is 10.1 Å². The zero-order valence-electron chi connectivity index (χ0n) is 21.1. The number of hydrogen-bond donors (Lipinski definition) is 2. The average molecular weight is 467 g/mol. The monoisotopic (exact) mass is 466 g/mol. The number of hydrogen-bond acceptors (Lipinski definition) is 4. The third kappa shape index (κ3) is 9.00. The molecule has 3 amide bonds. The molecule has 2 aromatic rings. The summed E-state index contributed by atoms with van der Waals surface area (Å²) in [5, 5.41) is 5.34. The quantitative estimate of drug-likeness (QED) is 0.393. The van der Waals surface area contributed by atoms with Crippen molar-refractivity contribution in [3.63, 3.8) is 0 Å². The highest BCUT2D eigenvalue weighted by molar-refractivity contribution is 6.05. The number of amides is 3. The van der Waals surface area contributed by atoms with Gasteiger partial charge in [0.25, 0.3) is 5.91 Å². The summed E-state index contributed by atoms with van der Waals surface area (Å²) in [7, 11) is 1.64. The Hall–Kier alpha value is -3.15. The van der Waals surface area contributed by atoms with E-state index >= 15 is 0 Å². The molecule has 0 aromatic heterocycles. The van der Waals surface area contributed by atoms with Crippen LogP contribution in [0.1, 0.15) is 88.1 Å². The topological polar surface area (TPSA) is 84.5 Å². The molecule has 184 valence electrons. The third-order valence-electron chi connectivity index (χ3n) is 5.52. The summed E-state index contributed by atoms with van der Waals surface area (Å²) in [6, 6.07) is 14.5. The van der Waals surface area contributed by atoms with Crippen LogP contribution in [0.5, 0.6) is 5.75 Å². The first-order valence-corrected chi connectivity index (χ1v) is 12.0. The van der Waals surface area contributed by atoms with Crippen molar-refractivity contribution in [3.8, 4) is 5.75 Å². The predicted molar refractivity (Wildman–Crippen MR) is 136 cm³/mol. The molecule has 0 radical (unpaired) electrons. The first kappa shape index (κ1) is 27.1. The molecule has 0 spiro atoms. The molecule has 0 aliphatic heterocycles. The summed E-state index contributed by atoms with van der Waals surface area (Å²) >= 11 is 0. The van der Waals surface area contributed by atoms with E-state index in [4.69, 9.17) is 4.74 Å². The van der Waals surface area contributed by atoms with Crippen molar-refractivity contribution in [1.29, 1.82) is 0 Å². The summed E-state index contributed by atoms with van der Waals surface area (Å²) in [6.45, 7) is 7.97. The Kier molecular flexibility index (Phi) is 10.3. The van der Waals surface area contributed by atoms with Crippen molar-refractivity contribution in [1.82, 2.24) is 5.32 Å². The molecule has 0 saturated carbocycles. The number of ether oxygens (including phenoxy) is 1. The number of methoxy groups -OCH3 is 1. The number of carbonyl (C=O) groups is 3. The fourth-order valence-corrected chi connectivity index (χ4v) is 3.91. The third-order valence-corrected chi connectivity index (χ3v) is 5.52. The van der Waals surface area contributed by atoms with E-state index < -0.39 is 5.91 Å². The predicted octanol–water partition coefficient (Wildman–Crippen LogP) is 6.08. The maximum Gasteiger partial charge on any atom is 0.257 e. The van der Waals surface area contributed by atoms with E-state index in [1.165, 1.54) is 0 Å². The van der Waals surface area contributed by atoms with Gasteiger partial charge in [-0.05, 0) is 47.6 Å². The Labute approximate surface area is 203 Å². The smallest absolute Gasteiger partial charge is 0.257 e. The number of benzene rings is 2. The average Bonchev–Trinajstić information content (AvgIpc) is 2.77. The lowest BCUT2D eigenvalue weighted by Crippen LogP contribution is -2.33. The van der Waals surface area contributed by atoms with E-state index in [0.717, 1.165) is 37.0 Å². The summed E-state index contributed by atoms with van der Waals surface area (Å²) in [5.74, 6) is -0.108. The molecule has 1 atom stereocenters. The van der Waals surface area contributed by atoms with Crippen LogP contribution in [-0.2, 0) is 9.59 Å². The number of imide groups is 1. The summed E-state index contributed by atoms with van der Waals surface area (Å²) < 4.78 is 5.53. The first-order valence-electron chi connectivity index (χ1n) is 12.0. The second-order valence-electron chi connectivity index (χ2n) is 9.88. The molecule has 2 N–H and O–H groups in total. The van der Waals surface area contributed by atoms with Gasteiger partial charge in [0.2, 0.25) is 11.8 Å². The number of nitrogens with one attached hydrogen (secondary N) is 2. The molecule has 0 saturated heterocycles. The van der Waals surface area contributed by atoms with Gasteiger partial charge in [-0.1, -0.05) is 71.2 Å². The van der Waals surface area contributed by atoms with Gasteiger partial charge in [0.1, 0.15) is 5.75 Å². The molecule has 0 aliphatic rings. The van der Waals surface area contributed by atoms with E-state index in [1.54, 1.807) is 31.4 Å². The zero-order valence-corrected chi connectivity index (χ0v) is 21.1. The molecule has 1 unspecified atom stereocenters. The standard InChI is InChI=1S/C28H38N2O4/c1-6-7-8-12-20(23-15-9-10-16-24(23)34-5)18-25(31)29-22-14-11-13-21(17-22)27(33)30-26(32)19-28(2,3)4/h9-11,13-17,20H,6-8,12,18-19H2,1-5H3,(H,29,31)(H,30,32,33). The minimum atomic E-state index is -0.475. The van der Waals surface area contributed by atoms with Gasteiger partial charge in [0.15, 0.2) is 0 Å². The molecule has 0 bridgehead atoms. The van der Waals surface area contributed by atoms with E-state index in [1.807, 2.05) is 45.0 Å². The highest BCUT2D eigenvalue weighted by Crippen LogP contribution is 2.33. The molecule has 0 heterocycles. The van der Waals surface area contributed by atoms with Gasteiger partial charge >= 0.3 is 0 Å². The molecule has 2 aromatic carbocycles. The molecule has 0 fully saturated rings. The Morgan fingerprint density at radius 1 is 0.971 bits per heavy atom. The molecule has 34 heavy (non-hydrogen) atoms. The molecule has 6 nitrogen and oxygen atoms in total. The van der Waals surface area contributed by atoms with E-state index in [9.17, 15) is 14.4 Å². The molecule has 2 rings (SSSR count). The maximum absolute atomic E-state index is 12.9. The zero-order chi connectivity index (χ0) is 25.1. The maximum atomic E-state index is 12.9. The first-order chi connectivity index (χ1) is 16.1. The number of rotatable bonds is 11. The molecular formula is C28H38N2O4. The fourth-order valence-electron chi connectivity index (χ4n) is 3.91. The Balaban J connectivity index is 2.08. The van der Waals surface area contributed by atoms with Crippen molar-refractivity contribution in [2.24, 2.45) is 5.41 Å². The van der Waals surface area contributed by atoms with Gasteiger partial charge in [0, 0.05) is 24.1 Å². The van der Waals surface area contributed by atoms with Gasteiger partial charge in [-0.2, -0.15) is 0 Å². The normalized spacial score (nSPS) is 12.0. The van der Waals surface area contributed by atoms with Crippen LogP contribution in [0.4, 0.5) is 5.69 Å². The SMILES string of the molecule is CCCCCC(CC(=O)Nc1cccc(C(=O)NC(=O)CC(C)(C)C)c1)c1ccccc1OC. The Morgan fingerprint density at radius 3 is 2.38 bits per heavy atom. The van der Waals surface area contributed by atoms with E-state index in [-0.39, 0.29) is 29.6 Å². The summed E-state index contributed by atoms with van der Waals surface area (Å²) in [5.41, 5.74) is 1.66. The van der Waals surface area contributed by atoms with Crippen LogP contribution < -0.4 is 15.4 Å². The lowest BCUT2D eigenvalue weighted by molar-refractivity contribution is -0.122. The minimum absolute atomic E-state index is 0.0317. The van der Waals surface area contributed by atoms with Crippen LogP contribution in [0.25, 0.3) is 0 Å². The highest BCUT2D eigenvalue weighted by Gasteiger charge is 2.21. The second kappa shape index (κ2) is 12.9. The number of carbonyl (C=O) groups excluding carboxylic acids is 3.